The molecule has 7 heteroatoms. The van der Waals surface area contributed by atoms with Crippen molar-refractivity contribution < 1.29 is 14.3 Å². The quantitative estimate of drug-likeness (QED) is 0.545. The summed E-state index contributed by atoms with van der Waals surface area (Å²) in [5, 5.41) is 8.52. The molecule has 1 aliphatic heterocycles. The first-order chi connectivity index (χ1) is 15.7. The van der Waals surface area contributed by atoms with E-state index >= 15 is 0 Å². The fraction of sp³-hybridized carbons (Fsp3) is 0.385. The van der Waals surface area contributed by atoms with Gasteiger partial charge in [0.1, 0.15) is 0 Å². The van der Waals surface area contributed by atoms with Crippen molar-refractivity contribution in [1.82, 2.24) is 15.1 Å². The summed E-state index contributed by atoms with van der Waals surface area (Å²) in [6.07, 6.45) is 0.844. The Morgan fingerprint density at radius 2 is 1.88 bits per heavy atom. The molecule has 3 aromatic rings. The number of hydrogen-bond acceptors (Lipinski definition) is 4. The SMILES string of the molecule is CC(C(=O)NCc1cc(C(C)(C)C)nn1-c1cccc(Cl)c1)c1ccc2c(c1)OCCCO2. The van der Waals surface area contributed by atoms with E-state index in [2.05, 4.69) is 26.1 Å². The summed E-state index contributed by atoms with van der Waals surface area (Å²) in [6, 6.07) is 15.3. The molecule has 0 bridgehead atoms. The van der Waals surface area contributed by atoms with Gasteiger partial charge in [0, 0.05) is 16.9 Å². The lowest BCUT2D eigenvalue weighted by Gasteiger charge is -2.15. The molecule has 6 nitrogen and oxygen atoms in total. The van der Waals surface area contributed by atoms with Crippen molar-refractivity contribution in [3.05, 3.63) is 70.5 Å². The van der Waals surface area contributed by atoms with Crippen molar-refractivity contribution in [2.75, 3.05) is 13.2 Å². The molecule has 2 heterocycles. The third kappa shape index (κ3) is 5.33. The van der Waals surface area contributed by atoms with Crippen LogP contribution in [0.4, 0.5) is 0 Å². The fourth-order valence-electron chi connectivity index (χ4n) is 3.67. The summed E-state index contributed by atoms with van der Waals surface area (Å²) in [7, 11) is 0. The second kappa shape index (κ2) is 9.48. The predicted molar refractivity (Wildman–Crippen MR) is 130 cm³/mol. The van der Waals surface area contributed by atoms with Gasteiger partial charge in [-0.05, 0) is 48.9 Å². The van der Waals surface area contributed by atoms with Crippen molar-refractivity contribution >= 4 is 17.5 Å². The van der Waals surface area contributed by atoms with Gasteiger partial charge in [-0.15, -0.1) is 0 Å². The van der Waals surface area contributed by atoms with Crippen LogP contribution < -0.4 is 14.8 Å². The summed E-state index contributed by atoms with van der Waals surface area (Å²) in [6.45, 7) is 9.84. The average molecular weight is 468 g/mol. The maximum Gasteiger partial charge on any atom is 0.227 e. The first-order valence-electron chi connectivity index (χ1n) is 11.2. The Morgan fingerprint density at radius 1 is 1.12 bits per heavy atom. The first kappa shape index (κ1) is 23.2. The van der Waals surface area contributed by atoms with E-state index in [1.54, 1.807) is 0 Å². The summed E-state index contributed by atoms with van der Waals surface area (Å²) in [5.74, 6) is 1.01. The van der Waals surface area contributed by atoms with Crippen LogP contribution in [-0.2, 0) is 16.8 Å². The summed E-state index contributed by atoms with van der Waals surface area (Å²) in [4.78, 5) is 13.0. The highest BCUT2D eigenvalue weighted by molar-refractivity contribution is 6.30. The van der Waals surface area contributed by atoms with Crippen LogP contribution >= 0.6 is 11.6 Å². The Kier molecular flexibility index (Phi) is 6.66. The van der Waals surface area contributed by atoms with Crippen LogP contribution in [0.15, 0.2) is 48.5 Å². The van der Waals surface area contributed by atoms with E-state index in [0.29, 0.717) is 30.5 Å². The number of hydrogen-bond donors (Lipinski definition) is 1. The Hall–Kier alpha value is -2.99. The molecule has 2 aromatic carbocycles. The number of carbonyl (C=O) groups excluding carboxylic acids is 1. The van der Waals surface area contributed by atoms with Crippen molar-refractivity contribution in [3.8, 4) is 17.2 Å². The Labute approximate surface area is 199 Å². The molecule has 1 N–H and O–H groups in total. The van der Waals surface area contributed by atoms with Gasteiger partial charge in [-0.3, -0.25) is 4.79 Å². The van der Waals surface area contributed by atoms with E-state index in [-0.39, 0.29) is 17.2 Å². The molecule has 0 aliphatic carbocycles. The van der Waals surface area contributed by atoms with Crippen LogP contribution in [0.2, 0.25) is 5.02 Å². The third-order valence-electron chi connectivity index (χ3n) is 5.71. The van der Waals surface area contributed by atoms with Crippen molar-refractivity contribution in [1.29, 1.82) is 0 Å². The molecule has 174 valence electrons. The van der Waals surface area contributed by atoms with Gasteiger partial charge in [0.15, 0.2) is 11.5 Å². The standard InChI is InChI=1S/C26H30ClN3O3/c1-17(18-9-10-22-23(13-18)33-12-6-11-32-22)25(31)28-16-21-15-24(26(2,3)4)29-30(21)20-8-5-7-19(27)14-20/h5,7-10,13-15,17H,6,11-12,16H2,1-4H3,(H,28,31). The molecule has 33 heavy (non-hydrogen) atoms. The van der Waals surface area contributed by atoms with Crippen LogP contribution in [0.1, 0.15) is 57.0 Å². The summed E-state index contributed by atoms with van der Waals surface area (Å²) >= 11 is 6.21. The normalized spacial score (nSPS) is 14.5. The van der Waals surface area contributed by atoms with Gasteiger partial charge in [-0.2, -0.15) is 5.10 Å². The largest absolute Gasteiger partial charge is 0.490 e. The number of nitrogens with one attached hydrogen (secondary N) is 1. The molecule has 1 aromatic heterocycles. The third-order valence-corrected chi connectivity index (χ3v) is 5.95. The summed E-state index contributed by atoms with van der Waals surface area (Å²) < 4.78 is 13.3. The molecule has 0 fully saturated rings. The number of rotatable bonds is 5. The maximum absolute atomic E-state index is 13.0. The molecule has 1 unspecified atom stereocenters. The highest BCUT2D eigenvalue weighted by Gasteiger charge is 2.23. The smallest absolute Gasteiger partial charge is 0.227 e. The second-order valence-corrected chi connectivity index (χ2v) is 9.80. The lowest BCUT2D eigenvalue weighted by Crippen LogP contribution is -2.28. The minimum atomic E-state index is -0.341. The van der Waals surface area contributed by atoms with E-state index in [0.717, 1.165) is 34.8 Å². The first-order valence-corrected chi connectivity index (χ1v) is 11.6. The van der Waals surface area contributed by atoms with Gasteiger partial charge in [-0.25, -0.2) is 4.68 Å². The predicted octanol–water partition coefficient (Wildman–Crippen LogP) is 5.40. The highest BCUT2D eigenvalue weighted by Crippen LogP contribution is 2.33. The zero-order chi connectivity index (χ0) is 23.6. The minimum Gasteiger partial charge on any atom is -0.490 e. The van der Waals surface area contributed by atoms with Gasteiger partial charge in [0.2, 0.25) is 5.91 Å². The van der Waals surface area contributed by atoms with Crippen LogP contribution in [0, 0.1) is 0 Å². The number of carbonyl (C=O) groups is 1. The van der Waals surface area contributed by atoms with E-state index in [1.807, 2.05) is 60.1 Å². The van der Waals surface area contributed by atoms with E-state index < -0.39 is 0 Å². The molecular weight excluding hydrogens is 438 g/mol. The molecular formula is C26H30ClN3O3. The Bertz CT molecular complexity index is 1150. The number of amides is 1. The Morgan fingerprint density at radius 3 is 2.61 bits per heavy atom. The zero-order valence-corrected chi connectivity index (χ0v) is 20.3. The molecule has 1 atom stereocenters. The molecule has 0 radical (unpaired) electrons. The molecule has 0 spiro atoms. The number of nitrogens with zero attached hydrogens (tertiary/aromatic N) is 2. The van der Waals surface area contributed by atoms with Crippen LogP contribution in [0.25, 0.3) is 5.69 Å². The van der Waals surface area contributed by atoms with Crippen LogP contribution in [0.5, 0.6) is 11.5 Å². The van der Waals surface area contributed by atoms with Crippen LogP contribution in [0.3, 0.4) is 0 Å². The monoisotopic (exact) mass is 467 g/mol. The topological polar surface area (TPSA) is 65.4 Å². The Balaban J connectivity index is 1.53. The number of aromatic nitrogens is 2. The van der Waals surface area contributed by atoms with Gasteiger partial charge in [-0.1, -0.05) is 44.5 Å². The lowest BCUT2D eigenvalue weighted by molar-refractivity contribution is -0.122. The maximum atomic E-state index is 13.0. The molecule has 4 rings (SSSR count). The van der Waals surface area contributed by atoms with E-state index in [4.69, 9.17) is 26.2 Å². The van der Waals surface area contributed by atoms with Crippen molar-refractivity contribution in [2.45, 2.75) is 52.0 Å². The number of fused-ring (bicyclic) bond motifs is 1. The highest BCUT2D eigenvalue weighted by atomic mass is 35.5. The van der Waals surface area contributed by atoms with Crippen LogP contribution in [-0.4, -0.2) is 28.9 Å². The molecule has 1 amide bonds. The second-order valence-electron chi connectivity index (χ2n) is 9.36. The zero-order valence-electron chi connectivity index (χ0n) is 19.5. The summed E-state index contributed by atoms with van der Waals surface area (Å²) in [5.41, 5.74) is 3.46. The van der Waals surface area contributed by atoms with E-state index in [1.165, 1.54) is 0 Å². The van der Waals surface area contributed by atoms with Crippen molar-refractivity contribution in [3.63, 3.8) is 0 Å². The molecule has 0 saturated carbocycles. The molecule has 1 aliphatic rings. The van der Waals surface area contributed by atoms with E-state index in [9.17, 15) is 4.79 Å². The average Bonchev–Trinajstić information content (AvgIpc) is 3.08. The van der Waals surface area contributed by atoms with Gasteiger partial charge in [0.05, 0.1) is 42.8 Å². The van der Waals surface area contributed by atoms with Gasteiger partial charge < -0.3 is 14.8 Å². The minimum absolute atomic E-state index is 0.0688. The van der Waals surface area contributed by atoms with Gasteiger partial charge >= 0.3 is 0 Å². The molecule has 0 saturated heterocycles. The van der Waals surface area contributed by atoms with Crippen molar-refractivity contribution in [2.24, 2.45) is 0 Å². The number of ether oxygens (including phenoxy) is 2. The lowest BCUT2D eigenvalue weighted by atomic mass is 9.92. The number of benzene rings is 2. The number of halogens is 1. The fourth-order valence-corrected chi connectivity index (χ4v) is 3.86. The van der Waals surface area contributed by atoms with Gasteiger partial charge in [0.25, 0.3) is 0 Å².